The predicted molar refractivity (Wildman–Crippen MR) is 195 cm³/mol. The van der Waals surface area contributed by atoms with Crippen molar-refractivity contribution in [2.24, 2.45) is 0 Å². The second kappa shape index (κ2) is 14.7. The maximum atomic E-state index is 2.75. The van der Waals surface area contributed by atoms with Crippen molar-refractivity contribution in [1.29, 1.82) is 0 Å². The summed E-state index contributed by atoms with van der Waals surface area (Å²) < 4.78 is 4.03. The van der Waals surface area contributed by atoms with E-state index in [0.717, 1.165) is 12.8 Å². The Morgan fingerprint density at radius 1 is 0.630 bits per heavy atom. The molecule has 0 aromatic heterocycles. The van der Waals surface area contributed by atoms with Gasteiger partial charge in [-0.25, -0.2) is 0 Å². The van der Waals surface area contributed by atoms with Crippen LogP contribution in [0.15, 0.2) is 117 Å². The predicted octanol–water partition coefficient (Wildman–Crippen LogP) is 5.12. The maximum Gasteiger partial charge on any atom is -1.00 e. The Bertz CT molecular complexity index is 1710. The molecule has 5 heteroatoms. The minimum Gasteiger partial charge on any atom is -1.00 e. The van der Waals surface area contributed by atoms with E-state index in [-0.39, 0.29) is 24.8 Å². The fourth-order valence-electron chi connectivity index (χ4n) is 7.26. The molecule has 0 unspecified atom stereocenters. The van der Waals surface area contributed by atoms with Crippen LogP contribution in [-0.2, 0) is 34.1 Å². The third kappa shape index (κ3) is 7.11. The van der Waals surface area contributed by atoms with E-state index in [1.165, 1.54) is 39.8 Å². The van der Waals surface area contributed by atoms with E-state index >= 15 is 0 Å². The van der Waals surface area contributed by atoms with Crippen molar-refractivity contribution in [3.8, 4) is 11.1 Å². The van der Waals surface area contributed by atoms with E-state index in [0.29, 0.717) is 3.63 Å². The Labute approximate surface area is 300 Å². The molecule has 0 radical (unpaired) electrons. The number of aryl methyl sites for hydroxylation is 2. The molecule has 0 spiro atoms. The molecule has 4 aromatic rings. The van der Waals surface area contributed by atoms with E-state index in [1.54, 1.807) is 24.7 Å². The normalized spacial score (nSPS) is 14.0. The van der Waals surface area contributed by atoms with Crippen LogP contribution in [0.25, 0.3) is 11.1 Å². The van der Waals surface area contributed by atoms with Gasteiger partial charge < -0.3 is 24.8 Å². The average molecular weight is 759 g/mol. The Balaban J connectivity index is 0.00000240. The zero-order valence-electron chi connectivity index (χ0n) is 28.8. The standard InChI is InChI=1S/C17H17.C13H10.C11H21Si2.2ClH.Zr/c1-3-12-5-7-16-14(9-12)11-15-10-13(4-2)6-8-17(15)16;1-3-7-12(8-4-1)11-13-9-5-2-6-10-13;1-12(2,3)10-7-8-11(9-10)13(4,5)6;;;/h5-11H,3-4H2,1-2H3;1-10H;9H,7H2,1-6H3;2*1H;/q;;;;;+2/p-2. The Morgan fingerprint density at radius 3 is 1.48 bits per heavy atom. The minimum absolute atomic E-state index is 0. The van der Waals surface area contributed by atoms with Crippen molar-refractivity contribution in [3.63, 3.8) is 0 Å². The van der Waals surface area contributed by atoms with Gasteiger partial charge in [-0.1, -0.05) is 0 Å². The molecule has 0 bridgehead atoms. The summed E-state index contributed by atoms with van der Waals surface area (Å²) in [6.07, 6.45) is 6.11. The smallest absolute Gasteiger partial charge is 1.00 e. The fourth-order valence-corrected chi connectivity index (χ4v) is 23.5. The molecular formula is C41H48Cl2Si2Zr. The Morgan fingerprint density at radius 2 is 1.09 bits per heavy atom. The van der Waals surface area contributed by atoms with Crippen LogP contribution in [0.5, 0.6) is 0 Å². The summed E-state index contributed by atoms with van der Waals surface area (Å²) in [5.41, 5.74) is 12.0. The van der Waals surface area contributed by atoms with Gasteiger partial charge in [-0.15, -0.1) is 0 Å². The van der Waals surface area contributed by atoms with Gasteiger partial charge in [-0.2, -0.15) is 0 Å². The van der Waals surface area contributed by atoms with Gasteiger partial charge in [0.2, 0.25) is 0 Å². The summed E-state index contributed by atoms with van der Waals surface area (Å²) in [4.78, 5) is 0. The third-order valence-corrected chi connectivity index (χ3v) is 23.1. The number of halogens is 2. The van der Waals surface area contributed by atoms with Crippen molar-refractivity contribution in [2.75, 3.05) is 0 Å². The first kappa shape index (κ1) is 37.0. The van der Waals surface area contributed by atoms with Gasteiger partial charge in [0.1, 0.15) is 0 Å². The average Bonchev–Trinajstić information content (AvgIpc) is 3.61. The maximum absolute atomic E-state index is 2.81. The van der Waals surface area contributed by atoms with Crippen molar-refractivity contribution in [2.45, 2.75) is 76.0 Å². The summed E-state index contributed by atoms with van der Waals surface area (Å²) in [6.45, 7) is 20.1. The summed E-state index contributed by atoms with van der Waals surface area (Å²) in [7, 11) is -3.10. The van der Waals surface area contributed by atoms with Gasteiger partial charge in [0.15, 0.2) is 0 Å². The largest absolute Gasteiger partial charge is 1.00 e. The number of allylic oxidation sites excluding steroid dienone is 4. The molecule has 0 nitrogen and oxygen atoms in total. The molecule has 0 aliphatic heterocycles. The summed E-state index contributed by atoms with van der Waals surface area (Å²) in [5.74, 6) is 0. The monoisotopic (exact) mass is 756 g/mol. The van der Waals surface area contributed by atoms with Crippen LogP contribution in [0.3, 0.4) is 0 Å². The Kier molecular flexibility index (Phi) is 11.8. The number of hydrogen-bond donors (Lipinski definition) is 0. The van der Waals surface area contributed by atoms with Crippen LogP contribution in [0.2, 0.25) is 39.3 Å². The van der Waals surface area contributed by atoms with Crippen LogP contribution in [0.4, 0.5) is 0 Å². The Hall–Kier alpha value is -1.87. The van der Waals surface area contributed by atoms with Crippen LogP contribution in [0, 0.1) is 0 Å². The molecule has 0 saturated carbocycles. The first-order valence-electron chi connectivity index (χ1n) is 16.6. The zero-order valence-corrected chi connectivity index (χ0v) is 34.7. The van der Waals surface area contributed by atoms with E-state index in [1.807, 2.05) is 3.28 Å². The quantitative estimate of drug-likeness (QED) is 0.219. The molecule has 238 valence electrons. The first-order valence-corrected chi connectivity index (χ1v) is 27.4. The zero-order chi connectivity index (χ0) is 31.2. The van der Waals surface area contributed by atoms with Crippen LogP contribution in [-0.4, -0.2) is 19.4 Å². The third-order valence-electron chi connectivity index (χ3n) is 9.75. The summed E-state index contributed by atoms with van der Waals surface area (Å²) >= 11 is -2.81. The second-order valence-electron chi connectivity index (χ2n) is 14.7. The van der Waals surface area contributed by atoms with Crippen molar-refractivity contribution < 1.29 is 46.1 Å². The van der Waals surface area contributed by atoms with Crippen LogP contribution >= 0.6 is 0 Å². The molecule has 0 N–H and O–H groups in total. The number of benzene rings is 4. The van der Waals surface area contributed by atoms with Crippen molar-refractivity contribution in [3.05, 3.63) is 150 Å². The van der Waals surface area contributed by atoms with Gasteiger partial charge >= 0.3 is 278 Å². The van der Waals surface area contributed by atoms with Gasteiger partial charge in [-0.05, 0) is 0 Å². The molecule has 0 amide bonds. The van der Waals surface area contributed by atoms with E-state index in [4.69, 9.17) is 0 Å². The molecule has 0 fully saturated rings. The SMILES string of the molecule is CCc1ccc2c(c1)[CH]([Zr+2]([C]1=C([Si](C)(C)C)C=C([Si](C)(C)C)C1)=[C](c1ccccc1)c1ccccc1)c1cc(CC)ccc1-2.[Cl-].[Cl-]. The van der Waals surface area contributed by atoms with Gasteiger partial charge in [0.05, 0.1) is 0 Å². The molecule has 6 rings (SSSR count). The van der Waals surface area contributed by atoms with E-state index in [2.05, 4.69) is 156 Å². The molecule has 4 aromatic carbocycles. The van der Waals surface area contributed by atoms with E-state index < -0.39 is 37.4 Å². The topological polar surface area (TPSA) is 0 Å². The summed E-state index contributed by atoms with van der Waals surface area (Å²) in [5, 5.41) is 3.55. The van der Waals surface area contributed by atoms with Gasteiger partial charge in [-0.3, -0.25) is 0 Å². The molecule has 2 aliphatic carbocycles. The van der Waals surface area contributed by atoms with Crippen molar-refractivity contribution in [1.82, 2.24) is 0 Å². The van der Waals surface area contributed by atoms with Gasteiger partial charge in [0, 0.05) is 0 Å². The second-order valence-corrected chi connectivity index (χ2v) is 31.1. The summed E-state index contributed by atoms with van der Waals surface area (Å²) in [6, 6.07) is 37.9. The van der Waals surface area contributed by atoms with E-state index in [9.17, 15) is 0 Å². The number of rotatable bonds is 8. The first-order chi connectivity index (χ1) is 21.0. The van der Waals surface area contributed by atoms with Crippen LogP contribution < -0.4 is 24.8 Å². The number of hydrogen-bond acceptors (Lipinski definition) is 0. The minimum atomic E-state index is -2.81. The van der Waals surface area contributed by atoms with Crippen LogP contribution in [0.1, 0.15) is 57.3 Å². The van der Waals surface area contributed by atoms with Crippen molar-refractivity contribution >= 4 is 19.4 Å². The fraction of sp³-hybridized carbons (Fsp3) is 0.293. The van der Waals surface area contributed by atoms with Gasteiger partial charge in [0.25, 0.3) is 0 Å². The number of fused-ring (bicyclic) bond motifs is 3. The molecule has 2 aliphatic rings. The molecule has 0 heterocycles. The molecular weight excluding hydrogens is 711 g/mol. The molecule has 0 saturated heterocycles. The molecule has 0 atom stereocenters. The molecule has 46 heavy (non-hydrogen) atoms.